The number of amides is 2. The van der Waals surface area contributed by atoms with Gasteiger partial charge >= 0.3 is 6.03 Å². The Labute approximate surface area is 136 Å². The number of halogens is 2. The smallest absolute Gasteiger partial charge is 0.323 e. The molecule has 4 nitrogen and oxygen atoms in total. The summed E-state index contributed by atoms with van der Waals surface area (Å²) in [4.78, 5) is 12.0. The number of carbonyl (C=O) groups excluding carboxylic acids is 1. The number of ether oxygens (including phenoxy) is 1. The van der Waals surface area contributed by atoms with Gasteiger partial charge < -0.3 is 15.4 Å². The van der Waals surface area contributed by atoms with Crippen molar-refractivity contribution in [2.75, 3.05) is 17.7 Å². The number of benzene rings is 2. The van der Waals surface area contributed by atoms with Crippen LogP contribution in [-0.4, -0.2) is 13.1 Å². The normalized spacial score (nSPS) is 10.1. The van der Waals surface area contributed by atoms with E-state index in [-0.39, 0.29) is 6.03 Å². The summed E-state index contributed by atoms with van der Waals surface area (Å²) in [5.41, 5.74) is 2.29. The quantitative estimate of drug-likeness (QED) is 0.794. The number of rotatable bonds is 3. The first kappa shape index (κ1) is 15.7. The van der Waals surface area contributed by atoms with Crippen molar-refractivity contribution < 1.29 is 9.53 Å². The van der Waals surface area contributed by atoms with E-state index in [1.807, 2.05) is 25.1 Å². The lowest BCUT2D eigenvalue weighted by Crippen LogP contribution is -2.19. The minimum Gasteiger partial charge on any atom is -0.495 e. The highest BCUT2D eigenvalue weighted by molar-refractivity contribution is 9.10. The van der Waals surface area contributed by atoms with Crippen molar-refractivity contribution in [1.82, 2.24) is 0 Å². The molecule has 0 spiro atoms. The number of hydrogen-bond donors (Lipinski definition) is 2. The van der Waals surface area contributed by atoms with Gasteiger partial charge in [-0.3, -0.25) is 0 Å². The predicted molar refractivity (Wildman–Crippen MR) is 89.5 cm³/mol. The van der Waals surface area contributed by atoms with Gasteiger partial charge in [-0.2, -0.15) is 0 Å². The summed E-state index contributed by atoms with van der Waals surface area (Å²) in [7, 11) is 1.53. The van der Waals surface area contributed by atoms with Gasteiger partial charge in [0.2, 0.25) is 0 Å². The first-order valence-electron chi connectivity index (χ1n) is 6.17. The van der Waals surface area contributed by atoms with Gasteiger partial charge in [0, 0.05) is 15.2 Å². The fourth-order valence-corrected chi connectivity index (χ4v) is 2.28. The summed E-state index contributed by atoms with van der Waals surface area (Å²) >= 11 is 9.35. The van der Waals surface area contributed by atoms with E-state index >= 15 is 0 Å². The Hall–Kier alpha value is -1.72. The molecule has 0 saturated heterocycles. The Morgan fingerprint density at radius 1 is 1.19 bits per heavy atom. The zero-order chi connectivity index (χ0) is 15.4. The molecule has 2 amide bonds. The highest BCUT2D eigenvalue weighted by atomic mass is 79.9. The molecule has 0 radical (unpaired) electrons. The molecule has 0 fully saturated rings. The molecular formula is C15H14BrClN2O2. The molecule has 0 atom stereocenters. The van der Waals surface area contributed by atoms with Gasteiger partial charge in [0.25, 0.3) is 0 Å². The van der Waals surface area contributed by atoms with Crippen molar-refractivity contribution in [3.8, 4) is 5.75 Å². The van der Waals surface area contributed by atoms with E-state index < -0.39 is 0 Å². The molecule has 0 aliphatic rings. The zero-order valence-electron chi connectivity index (χ0n) is 11.5. The molecule has 0 heterocycles. The number of nitrogens with one attached hydrogen (secondary N) is 2. The van der Waals surface area contributed by atoms with Gasteiger partial charge in [-0.15, -0.1) is 0 Å². The maximum Gasteiger partial charge on any atom is 0.323 e. The Kier molecular flexibility index (Phi) is 5.09. The molecule has 2 rings (SSSR count). The van der Waals surface area contributed by atoms with Gasteiger partial charge in [-0.05, 0) is 42.8 Å². The van der Waals surface area contributed by atoms with Crippen molar-refractivity contribution in [2.24, 2.45) is 0 Å². The molecule has 2 aromatic carbocycles. The molecule has 0 bridgehead atoms. The standard InChI is InChI=1S/C15H14BrClN2O2/c1-9-3-5-11(8-12(9)16)18-15(20)19-13-7-10(17)4-6-14(13)21-2/h3-8H,1-2H3,(H2,18,19,20). The average Bonchev–Trinajstić information content (AvgIpc) is 2.43. The lowest BCUT2D eigenvalue weighted by Gasteiger charge is -2.12. The summed E-state index contributed by atoms with van der Waals surface area (Å²) in [6, 6.07) is 10.2. The second kappa shape index (κ2) is 6.83. The van der Waals surface area contributed by atoms with Gasteiger partial charge in [0.05, 0.1) is 12.8 Å². The van der Waals surface area contributed by atoms with E-state index in [4.69, 9.17) is 16.3 Å². The monoisotopic (exact) mass is 368 g/mol. The Balaban J connectivity index is 2.11. The van der Waals surface area contributed by atoms with Crippen molar-refractivity contribution in [3.05, 3.63) is 51.5 Å². The van der Waals surface area contributed by atoms with Crippen LogP contribution in [0.4, 0.5) is 16.2 Å². The molecule has 0 unspecified atom stereocenters. The molecule has 2 N–H and O–H groups in total. The highest BCUT2D eigenvalue weighted by Crippen LogP contribution is 2.28. The third-order valence-electron chi connectivity index (χ3n) is 2.84. The van der Waals surface area contributed by atoms with Crippen LogP contribution in [-0.2, 0) is 0 Å². The van der Waals surface area contributed by atoms with Crippen LogP contribution in [0.1, 0.15) is 5.56 Å². The molecule has 0 aliphatic carbocycles. The van der Waals surface area contributed by atoms with Gasteiger partial charge in [0.15, 0.2) is 0 Å². The molecular weight excluding hydrogens is 356 g/mol. The third kappa shape index (κ3) is 4.12. The van der Waals surface area contributed by atoms with Gasteiger partial charge in [-0.25, -0.2) is 4.79 Å². The molecule has 0 aromatic heterocycles. The number of urea groups is 1. The first-order chi connectivity index (χ1) is 9.99. The predicted octanol–water partition coefficient (Wildman–Crippen LogP) is 5.06. The fourth-order valence-electron chi connectivity index (χ4n) is 1.73. The molecule has 0 aliphatic heterocycles. The SMILES string of the molecule is COc1ccc(Cl)cc1NC(=O)Nc1ccc(C)c(Br)c1. The topological polar surface area (TPSA) is 50.4 Å². The van der Waals surface area contributed by atoms with E-state index in [1.165, 1.54) is 7.11 Å². The van der Waals surface area contributed by atoms with Gasteiger partial charge in [0.1, 0.15) is 5.75 Å². The number of methoxy groups -OCH3 is 1. The van der Waals surface area contributed by atoms with Crippen LogP contribution in [0, 0.1) is 6.92 Å². The highest BCUT2D eigenvalue weighted by Gasteiger charge is 2.09. The molecule has 21 heavy (non-hydrogen) atoms. The number of carbonyl (C=O) groups is 1. The van der Waals surface area contributed by atoms with Crippen molar-refractivity contribution in [3.63, 3.8) is 0 Å². The maximum atomic E-state index is 12.0. The second-order valence-corrected chi connectivity index (χ2v) is 5.68. The molecule has 0 saturated carbocycles. The van der Waals surface area contributed by atoms with Crippen LogP contribution in [0.25, 0.3) is 0 Å². The Bertz CT molecular complexity index is 677. The van der Waals surface area contributed by atoms with Crippen LogP contribution < -0.4 is 15.4 Å². The van der Waals surface area contributed by atoms with E-state index in [1.54, 1.807) is 18.2 Å². The zero-order valence-corrected chi connectivity index (χ0v) is 13.9. The minimum absolute atomic E-state index is 0.369. The summed E-state index contributed by atoms with van der Waals surface area (Å²) < 4.78 is 6.11. The molecule has 2 aromatic rings. The van der Waals surface area contributed by atoms with E-state index in [2.05, 4.69) is 26.6 Å². The van der Waals surface area contributed by atoms with Crippen LogP contribution in [0.3, 0.4) is 0 Å². The van der Waals surface area contributed by atoms with Gasteiger partial charge in [-0.1, -0.05) is 33.6 Å². The van der Waals surface area contributed by atoms with Crippen LogP contribution >= 0.6 is 27.5 Å². The van der Waals surface area contributed by atoms with Crippen molar-refractivity contribution >= 4 is 44.9 Å². The van der Waals surface area contributed by atoms with Crippen molar-refractivity contribution in [2.45, 2.75) is 6.92 Å². The summed E-state index contributed by atoms with van der Waals surface area (Å²) in [6.07, 6.45) is 0. The largest absolute Gasteiger partial charge is 0.495 e. The van der Waals surface area contributed by atoms with E-state index in [0.717, 1.165) is 10.0 Å². The summed E-state index contributed by atoms with van der Waals surface area (Å²) in [5.74, 6) is 0.541. The van der Waals surface area contributed by atoms with Crippen LogP contribution in [0.2, 0.25) is 5.02 Å². The van der Waals surface area contributed by atoms with Crippen molar-refractivity contribution in [1.29, 1.82) is 0 Å². The lowest BCUT2D eigenvalue weighted by molar-refractivity contribution is 0.262. The van der Waals surface area contributed by atoms with Crippen LogP contribution in [0.5, 0.6) is 5.75 Å². The molecule has 110 valence electrons. The lowest BCUT2D eigenvalue weighted by atomic mass is 10.2. The minimum atomic E-state index is -0.369. The van der Waals surface area contributed by atoms with E-state index in [9.17, 15) is 4.79 Å². The molecule has 6 heteroatoms. The number of anilines is 2. The maximum absolute atomic E-state index is 12.0. The average molecular weight is 370 g/mol. The first-order valence-corrected chi connectivity index (χ1v) is 7.34. The van der Waals surface area contributed by atoms with E-state index in [0.29, 0.717) is 22.1 Å². The number of aryl methyl sites for hydroxylation is 1. The summed E-state index contributed by atoms with van der Waals surface area (Å²) in [6.45, 7) is 1.98. The third-order valence-corrected chi connectivity index (χ3v) is 3.93. The Morgan fingerprint density at radius 3 is 2.62 bits per heavy atom. The Morgan fingerprint density at radius 2 is 1.95 bits per heavy atom. The summed E-state index contributed by atoms with van der Waals surface area (Å²) in [5, 5.41) is 5.98. The number of hydrogen-bond acceptors (Lipinski definition) is 2. The van der Waals surface area contributed by atoms with Crippen LogP contribution in [0.15, 0.2) is 40.9 Å². The second-order valence-electron chi connectivity index (χ2n) is 4.39. The fraction of sp³-hybridized carbons (Fsp3) is 0.133.